The number of hydrogen-bond acceptors (Lipinski definition) is 8. The molecule has 2 heterocycles. The van der Waals surface area contributed by atoms with Gasteiger partial charge in [0.1, 0.15) is 24.3 Å². The highest BCUT2D eigenvalue weighted by atomic mass is 14.9. The molecule has 0 atom stereocenters. The number of nitriles is 4. The summed E-state index contributed by atoms with van der Waals surface area (Å²) in [4.78, 5) is 18.6. The fraction of sp³-hybridized carbons (Fsp3) is 0.267. The molecule has 2 aromatic carbocycles. The summed E-state index contributed by atoms with van der Waals surface area (Å²) in [7, 11) is 0. The summed E-state index contributed by atoms with van der Waals surface area (Å²) in [5.41, 5.74) is 7.02. The molecule has 0 saturated carbocycles. The van der Waals surface area contributed by atoms with E-state index >= 15 is 0 Å². The maximum absolute atomic E-state index is 9.71. The van der Waals surface area contributed by atoms with E-state index in [0.717, 1.165) is 44.2 Å². The Morgan fingerprint density at radius 3 is 1.05 bits per heavy atom. The Hall–Kier alpha value is -5.18. The van der Waals surface area contributed by atoms with Crippen LogP contribution in [0.2, 0.25) is 0 Å². The van der Waals surface area contributed by atoms with Crippen molar-refractivity contribution < 1.29 is 0 Å². The van der Waals surface area contributed by atoms with Gasteiger partial charge in [-0.15, -0.1) is 0 Å². The summed E-state index contributed by atoms with van der Waals surface area (Å²) in [6.45, 7) is 12.6. The minimum Gasteiger partial charge on any atom is -0.232 e. The topological polar surface area (TPSA) is 147 Å². The minimum absolute atomic E-state index is 0.00812. The van der Waals surface area contributed by atoms with E-state index in [-0.39, 0.29) is 33.6 Å². The van der Waals surface area contributed by atoms with Gasteiger partial charge >= 0.3 is 0 Å². The van der Waals surface area contributed by atoms with Crippen LogP contribution in [0.15, 0.2) is 12.1 Å². The Morgan fingerprint density at radius 2 is 0.789 bits per heavy atom. The Balaban J connectivity index is 1.91. The van der Waals surface area contributed by atoms with Crippen LogP contribution in [0.3, 0.4) is 0 Å². The van der Waals surface area contributed by atoms with Gasteiger partial charge in [0.15, 0.2) is 22.8 Å². The van der Waals surface area contributed by atoms with Crippen molar-refractivity contribution in [3.8, 4) is 69.3 Å². The molecule has 0 unspecified atom stereocenters. The largest absolute Gasteiger partial charge is 0.232 e. The number of rotatable bonds is 0. The van der Waals surface area contributed by atoms with Gasteiger partial charge in [-0.05, 0) is 34.1 Å². The molecule has 0 saturated heterocycles. The van der Waals surface area contributed by atoms with Gasteiger partial charge in [-0.3, -0.25) is 0 Å². The monoisotopic (exact) mass is 492 g/mol. The molecule has 8 nitrogen and oxygen atoms in total. The highest BCUT2D eigenvalue weighted by molar-refractivity contribution is 6.26. The lowest BCUT2D eigenvalue weighted by atomic mass is 9.78. The lowest BCUT2D eigenvalue weighted by molar-refractivity contribution is 0.592. The van der Waals surface area contributed by atoms with Crippen LogP contribution in [-0.4, -0.2) is 19.9 Å². The molecule has 0 N–H and O–H groups in total. The van der Waals surface area contributed by atoms with Crippen molar-refractivity contribution in [2.45, 2.75) is 52.4 Å². The quantitative estimate of drug-likeness (QED) is 0.258. The van der Waals surface area contributed by atoms with Gasteiger partial charge in [0.2, 0.25) is 0 Å². The highest BCUT2D eigenvalue weighted by Gasteiger charge is 2.40. The van der Waals surface area contributed by atoms with Crippen LogP contribution in [0.1, 0.15) is 75.4 Å². The first kappa shape index (κ1) is 23.2. The molecule has 8 heteroatoms. The average Bonchev–Trinajstić information content (AvgIpc) is 3.36. The molecule has 0 amide bonds. The van der Waals surface area contributed by atoms with Crippen LogP contribution < -0.4 is 0 Å². The smallest absolute Gasteiger partial charge is 0.177 e. The van der Waals surface area contributed by atoms with E-state index < -0.39 is 0 Å². The van der Waals surface area contributed by atoms with Gasteiger partial charge in [0.25, 0.3) is 0 Å². The summed E-state index contributed by atoms with van der Waals surface area (Å²) < 4.78 is 0. The first-order chi connectivity index (χ1) is 17.9. The molecule has 0 fully saturated rings. The van der Waals surface area contributed by atoms with Crippen molar-refractivity contribution in [2.75, 3.05) is 0 Å². The maximum Gasteiger partial charge on any atom is 0.177 e. The van der Waals surface area contributed by atoms with Gasteiger partial charge in [0.05, 0.1) is 22.8 Å². The van der Waals surface area contributed by atoms with Crippen LogP contribution >= 0.6 is 0 Å². The van der Waals surface area contributed by atoms with Crippen molar-refractivity contribution in [3.63, 3.8) is 0 Å². The van der Waals surface area contributed by atoms with Gasteiger partial charge < -0.3 is 0 Å². The Labute approximate surface area is 219 Å². The van der Waals surface area contributed by atoms with Crippen LogP contribution in [0.5, 0.6) is 0 Å². The molecule has 0 radical (unpaired) electrons. The van der Waals surface area contributed by atoms with E-state index in [4.69, 9.17) is 0 Å². The average molecular weight is 493 g/mol. The zero-order valence-corrected chi connectivity index (χ0v) is 21.7. The summed E-state index contributed by atoms with van der Waals surface area (Å²) >= 11 is 0. The molecular weight excluding hydrogens is 472 g/mol. The lowest BCUT2D eigenvalue weighted by Gasteiger charge is -2.26. The van der Waals surface area contributed by atoms with Crippen LogP contribution in [0, 0.1) is 45.3 Å². The fourth-order valence-corrected chi connectivity index (χ4v) is 5.59. The van der Waals surface area contributed by atoms with Crippen molar-refractivity contribution in [1.82, 2.24) is 19.9 Å². The zero-order chi connectivity index (χ0) is 27.3. The van der Waals surface area contributed by atoms with Gasteiger partial charge in [-0.25, -0.2) is 19.9 Å². The van der Waals surface area contributed by atoms with Crippen LogP contribution in [0.4, 0.5) is 0 Å². The van der Waals surface area contributed by atoms with Crippen LogP contribution in [-0.2, 0) is 10.8 Å². The molecule has 2 aliphatic rings. The zero-order valence-electron chi connectivity index (χ0n) is 21.7. The molecule has 2 aliphatic carbocycles. The predicted molar refractivity (Wildman–Crippen MR) is 140 cm³/mol. The van der Waals surface area contributed by atoms with Crippen LogP contribution in [0.25, 0.3) is 55.8 Å². The fourth-order valence-electron chi connectivity index (χ4n) is 5.59. The van der Waals surface area contributed by atoms with E-state index in [1.54, 1.807) is 0 Å². The van der Waals surface area contributed by atoms with Crippen molar-refractivity contribution >= 4 is 10.8 Å². The number of aromatic nitrogens is 4. The molecule has 4 aromatic rings. The Bertz CT molecular complexity index is 1830. The molecule has 0 spiro atoms. The van der Waals surface area contributed by atoms with E-state index in [0.29, 0.717) is 22.8 Å². The second kappa shape index (κ2) is 7.19. The first-order valence-corrected chi connectivity index (χ1v) is 12.1. The van der Waals surface area contributed by atoms with E-state index in [1.807, 2.05) is 24.3 Å². The highest BCUT2D eigenvalue weighted by Crippen LogP contribution is 2.59. The number of benzene rings is 2. The van der Waals surface area contributed by atoms with E-state index in [9.17, 15) is 21.0 Å². The van der Waals surface area contributed by atoms with Crippen molar-refractivity contribution in [1.29, 1.82) is 21.0 Å². The van der Waals surface area contributed by atoms with Gasteiger partial charge in [-0.2, -0.15) is 21.0 Å². The number of hydrogen-bond donors (Lipinski definition) is 0. The second-order valence-electron chi connectivity index (χ2n) is 11.6. The molecular formula is C30H20N8. The molecule has 0 bridgehead atoms. The molecule has 38 heavy (non-hydrogen) atoms. The molecule has 0 aliphatic heterocycles. The molecule has 6 rings (SSSR count). The third-order valence-electron chi connectivity index (χ3n) is 7.22. The SMILES string of the molecule is CC(C)(C)c1cc2c3c(c(C(C)(C)C)cc4c3c1-c1nc(C#N)c(C#N)nc1-4)-c1nc(C#N)c(C#N)nc1-2. The summed E-state index contributed by atoms with van der Waals surface area (Å²) in [6.07, 6.45) is 0. The second-order valence-corrected chi connectivity index (χ2v) is 11.6. The summed E-state index contributed by atoms with van der Waals surface area (Å²) in [5.74, 6) is 0. The number of nitrogens with zero attached hydrogens (tertiary/aromatic N) is 8. The van der Waals surface area contributed by atoms with Gasteiger partial charge in [-0.1, -0.05) is 41.5 Å². The third kappa shape index (κ3) is 2.81. The van der Waals surface area contributed by atoms with Gasteiger partial charge in [0, 0.05) is 33.0 Å². The Kier molecular flexibility index (Phi) is 4.40. The first-order valence-electron chi connectivity index (χ1n) is 12.1. The van der Waals surface area contributed by atoms with E-state index in [2.05, 4.69) is 73.6 Å². The molecule has 2 aromatic heterocycles. The summed E-state index contributed by atoms with van der Waals surface area (Å²) in [6, 6.07) is 12.2. The van der Waals surface area contributed by atoms with Crippen molar-refractivity contribution in [2.24, 2.45) is 0 Å². The predicted octanol–water partition coefficient (Wildman–Crippen LogP) is 5.80. The normalized spacial score (nSPS) is 12.4. The lowest BCUT2D eigenvalue weighted by Crippen LogP contribution is -2.14. The molecule has 180 valence electrons. The minimum atomic E-state index is -0.328. The Morgan fingerprint density at radius 1 is 0.500 bits per heavy atom. The number of fused-ring (bicyclic) bond motifs is 6. The third-order valence-corrected chi connectivity index (χ3v) is 7.22. The van der Waals surface area contributed by atoms with E-state index in [1.165, 1.54) is 0 Å². The van der Waals surface area contributed by atoms with Crippen molar-refractivity contribution in [3.05, 3.63) is 46.0 Å². The summed E-state index contributed by atoms with van der Waals surface area (Å²) in [5, 5.41) is 40.7. The maximum atomic E-state index is 9.71. The standard InChI is InChI=1S/C30H20N8/c1-29(2,3)15-7-13-22-21-14(26-27(23(15)21)37-19(11-33)17(9-31)36-26)8-16(30(4,5)6)24(22)28-25(13)35-18(10-32)20(12-34)38-28/h7-8H,1-6H3.